The molecule has 118 valence electrons. The van der Waals surface area contributed by atoms with E-state index in [-0.39, 0.29) is 22.2 Å². The van der Waals surface area contributed by atoms with Crippen molar-refractivity contribution in [3.63, 3.8) is 0 Å². The smallest absolute Gasteiger partial charge is 0.292 e. The number of hydrogen-bond acceptors (Lipinski definition) is 5. The molecule has 0 fully saturated rings. The Balaban J connectivity index is 3.01. The number of nitro groups is 1. The minimum atomic E-state index is -3.68. The van der Waals surface area contributed by atoms with Crippen molar-refractivity contribution in [1.29, 1.82) is 0 Å². The molecule has 0 spiro atoms. The van der Waals surface area contributed by atoms with E-state index < -0.39 is 14.9 Å². The first-order chi connectivity index (χ1) is 9.69. The molecular weight excluding hydrogens is 294 g/mol. The summed E-state index contributed by atoms with van der Waals surface area (Å²) >= 11 is 0. The van der Waals surface area contributed by atoms with Crippen molar-refractivity contribution in [2.24, 2.45) is 11.8 Å². The second kappa shape index (κ2) is 6.86. The monoisotopic (exact) mass is 315 g/mol. The van der Waals surface area contributed by atoms with E-state index in [1.165, 1.54) is 25.2 Å². The fraction of sp³-hybridized carbons (Fsp3) is 0.538. The Hall–Kier alpha value is -1.67. The van der Waals surface area contributed by atoms with Crippen LogP contribution in [0.2, 0.25) is 0 Å². The third kappa shape index (κ3) is 4.40. The average Bonchev–Trinajstić information content (AvgIpc) is 2.43. The Labute approximate surface area is 124 Å². The van der Waals surface area contributed by atoms with Gasteiger partial charge in [-0.25, -0.2) is 13.1 Å². The first-order valence-electron chi connectivity index (χ1n) is 6.65. The highest BCUT2D eigenvalue weighted by Gasteiger charge is 2.20. The number of nitrogens with one attached hydrogen (secondary N) is 2. The topological polar surface area (TPSA) is 101 Å². The van der Waals surface area contributed by atoms with E-state index in [0.717, 1.165) is 0 Å². The highest BCUT2D eigenvalue weighted by Crippen LogP contribution is 2.26. The van der Waals surface area contributed by atoms with Crippen LogP contribution in [-0.4, -0.2) is 26.9 Å². The van der Waals surface area contributed by atoms with Gasteiger partial charge in [0.1, 0.15) is 5.69 Å². The van der Waals surface area contributed by atoms with E-state index in [1.54, 1.807) is 0 Å². The van der Waals surface area contributed by atoms with Crippen LogP contribution in [0.15, 0.2) is 23.1 Å². The Kier molecular flexibility index (Phi) is 5.68. The second-order valence-corrected chi connectivity index (χ2v) is 7.03. The molecule has 1 aromatic rings. The van der Waals surface area contributed by atoms with Gasteiger partial charge in [0.05, 0.1) is 9.82 Å². The van der Waals surface area contributed by atoms with Crippen LogP contribution in [0.5, 0.6) is 0 Å². The standard InChI is InChI=1S/C13H21N3O4S/c1-9(2)10(3)8-15-21(19,20)11-5-6-13(16(17)18)12(7-11)14-4/h5-7,9-10,14-15H,8H2,1-4H3. The highest BCUT2D eigenvalue weighted by molar-refractivity contribution is 7.89. The summed E-state index contributed by atoms with van der Waals surface area (Å²) in [5, 5.41) is 13.5. The van der Waals surface area contributed by atoms with Gasteiger partial charge in [0.25, 0.3) is 5.69 Å². The molecule has 0 bridgehead atoms. The lowest BCUT2D eigenvalue weighted by molar-refractivity contribution is -0.384. The average molecular weight is 315 g/mol. The fourth-order valence-corrected chi connectivity index (χ4v) is 2.77. The molecule has 8 heteroatoms. The zero-order valence-corrected chi connectivity index (χ0v) is 13.4. The SMILES string of the molecule is CNc1cc(S(=O)(=O)NCC(C)C(C)C)ccc1[N+](=O)[O-]. The summed E-state index contributed by atoms with van der Waals surface area (Å²) in [4.78, 5) is 10.3. The Morgan fingerprint density at radius 2 is 1.90 bits per heavy atom. The zero-order chi connectivity index (χ0) is 16.2. The number of nitrogens with zero attached hydrogens (tertiary/aromatic N) is 1. The van der Waals surface area contributed by atoms with Crippen molar-refractivity contribution in [1.82, 2.24) is 4.72 Å². The molecule has 0 radical (unpaired) electrons. The van der Waals surface area contributed by atoms with E-state index in [2.05, 4.69) is 10.0 Å². The van der Waals surface area contributed by atoms with Crippen molar-refractivity contribution >= 4 is 21.4 Å². The molecule has 1 atom stereocenters. The fourth-order valence-electron chi connectivity index (χ4n) is 1.60. The van der Waals surface area contributed by atoms with Crippen molar-refractivity contribution in [2.45, 2.75) is 25.7 Å². The summed E-state index contributed by atoms with van der Waals surface area (Å²) < 4.78 is 26.9. The second-order valence-electron chi connectivity index (χ2n) is 5.26. The predicted molar refractivity (Wildman–Crippen MR) is 81.8 cm³/mol. The molecule has 0 amide bonds. The van der Waals surface area contributed by atoms with Gasteiger partial charge in [-0.05, 0) is 24.0 Å². The van der Waals surface area contributed by atoms with E-state index in [9.17, 15) is 18.5 Å². The summed E-state index contributed by atoms with van der Waals surface area (Å²) in [5.74, 6) is 0.555. The Bertz CT molecular complexity index is 614. The molecule has 21 heavy (non-hydrogen) atoms. The number of hydrogen-bond donors (Lipinski definition) is 2. The van der Waals surface area contributed by atoms with Gasteiger partial charge in [0, 0.05) is 19.7 Å². The summed E-state index contributed by atoms with van der Waals surface area (Å²) in [6.07, 6.45) is 0. The molecule has 0 heterocycles. The summed E-state index contributed by atoms with van der Waals surface area (Å²) in [6.45, 7) is 6.32. The van der Waals surface area contributed by atoms with Crippen molar-refractivity contribution in [3.8, 4) is 0 Å². The van der Waals surface area contributed by atoms with E-state index in [4.69, 9.17) is 0 Å². The summed E-state index contributed by atoms with van der Waals surface area (Å²) in [7, 11) is -2.17. The largest absolute Gasteiger partial charge is 0.383 e. The third-order valence-corrected chi connectivity index (χ3v) is 4.90. The van der Waals surface area contributed by atoms with Gasteiger partial charge in [-0.3, -0.25) is 10.1 Å². The molecule has 0 aliphatic heterocycles. The molecule has 1 rings (SSSR count). The minimum absolute atomic E-state index is 0.00778. The molecule has 0 saturated heterocycles. The van der Waals surface area contributed by atoms with Gasteiger partial charge in [0.2, 0.25) is 10.0 Å². The minimum Gasteiger partial charge on any atom is -0.383 e. The van der Waals surface area contributed by atoms with E-state index in [1.807, 2.05) is 20.8 Å². The van der Waals surface area contributed by atoms with Crippen LogP contribution in [0.1, 0.15) is 20.8 Å². The maximum Gasteiger partial charge on any atom is 0.292 e. The van der Waals surface area contributed by atoms with Crippen LogP contribution in [0, 0.1) is 22.0 Å². The normalized spacial score (nSPS) is 13.2. The number of anilines is 1. The Morgan fingerprint density at radius 1 is 1.29 bits per heavy atom. The summed E-state index contributed by atoms with van der Waals surface area (Å²) in [5.41, 5.74) is 0.00628. The van der Waals surface area contributed by atoms with Crippen LogP contribution < -0.4 is 10.0 Å². The molecule has 0 aliphatic carbocycles. The molecule has 7 nitrogen and oxygen atoms in total. The van der Waals surface area contributed by atoms with Crippen molar-refractivity contribution < 1.29 is 13.3 Å². The first kappa shape index (κ1) is 17.4. The Morgan fingerprint density at radius 3 is 2.38 bits per heavy atom. The molecular formula is C13H21N3O4S. The lowest BCUT2D eigenvalue weighted by Gasteiger charge is -2.16. The molecule has 2 N–H and O–H groups in total. The quantitative estimate of drug-likeness (QED) is 0.593. The van der Waals surface area contributed by atoms with Crippen LogP contribution in [0.25, 0.3) is 0 Å². The van der Waals surface area contributed by atoms with Gasteiger partial charge in [-0.1, -0.05) is 20.8 Å². The number of sulfonamides is 1. The number of benzene rings is 1. The highest BCUT2D eigenvalue weighted by atomic mass is 32.2. The van der Waals surface area contributed by atoms with E-state index in [0.29, 0.717) is 12.5 Å². The number of nitro benzene ring substituents is 1. The van der Waals surface area contributed by atoms with Crippen LogP contribution in [0.3, 0.4) is 0 Å². The third-order valence-electron chi connectivity index (χ3n) is 3.48. The molecule has 0 aromatic heterocycles. The van der Waals surface area contributed by atoms with Crippen LogP contribution >= 0.6 is 0 Å². The van der Waals surface area contributed by atoms with Gasteiger partial charge in [0.15, 0.2) is 0 Å². The molecule has 0 aliphatic rings. The van der Waals surface area contributed by atoms with Gasteiger partial charge >= 0.3 is 0 Å². The first-order valence-corrected chi connectivity index (χ1v) is 8.13. The zero-order valence-electron chi connectivity index (χ0n) is 12.6. The predicted octanol–water partition coefficient (Wildman–Crippen LogP) is 2.21. The maximum atomic E-state index is 12.2. The van der Waals surface area contributed by atoms with Crippen molar-refractivity contribution in [3.05, 3.63) is 28.3 Å². The van der Waals surface area contributed by atoms with E-state index >= 15 is 0 Å². The lowest BCUT2D eigenvalue weighted by atomic mass is 9.99. The lowest BCUT2D eigenvalue weighted by Crippen LogP contribution is -2.30. The number of rotatable bonds is 7. The van der Waals surface area contributed by atoms with Crippen LogP contribution in [-0.2, 0) is 10.0 Å². The molecule has 1 aromatic carbocycles. The summed E-state index contributed by atoms with van der Waals surface area (Å²) in [6, 6.07) is 3.69. The molecule has 1 unspecified atom stereocenters. The van der Waals surface area contributed by atoms with Crippen LogP contribution in [0.4, 0.5) is 11.4 Å². The van der Waals surface area contributed by atoms with Gasteiger partial charge in [-0.15, -0.1) is 0 Å². The van der Waals surface area contributed by atoms with Gasteiger partial charge in [-0.2, -0.15) is 0 Å². The van der Waals surface area contributed by atoms with Crippen molar-refractivity contribution in [2.75, 3.05) is 18.9 Å². The van der Waals surface area contributed by atoms with Gasteiger partial charge < -0.3 is 5.32 Å². The maximum absolute atomic E-state index is 12.2. The molecule has 0 saturated carbocycles.